The van der Waals surface area contributed by atoms with Gasteiger partial charge in [-0.05, 0) is 37.0 Å². The third-order valence-electron chi connectivity index (χ3n) is 5.52. The van der Waals surface area contributed by atoms with Crippen molar-refractivity contribution in [2.75, 3.05) is 19.6 Å². The molecule has 0 saturated carbocycles. The molecule has 1 aliphatic heterocycles. The van der Waals surface area contributed by atoms with Crippen molar-refractivity contribution in [1.29, 1.82) is 0 Å². The van der Waals surface area contributed by atoms with Crippen LogP contribution in [0.1, 0.15) is 18.4 Å². The first kappa shape index (κ1) is 20.5. The van der Waals surface area contributed by atoms with Gasteiger partial charge in [-0.3, -0.25) is 9.78 Å². The second kappa shape index (κ2) is 8.93. The van der Waals surface area contributed by atoms with Crippen LogP contribution in [0.15, 0.2) is 71.8 Å². The molecule has 0 aliphatic carbocycles. The van der Waals surface area contributed by atoms with Gasteiger partial charge in [0, 0.05) is 31.2 Å². The van der Waals surface area contributed by atoms with Gasteiger partial charge in [0.05, 0.1) is 11.4 Å². The Balaban J connectivity index is 1.44. The molecular formula is C23H25N3O3S. The number of benzene rings is 2. The molecule has 2 heterocycles. The van der Waals surface area contributed by atoms with Crippen molar-refractivity contribution in [3.63, 3.8) is 0 Å². The van der Waals surface area contributed by atoms with E-state index in [4.69, 9.17) is 0 Å². The van der Waals surface area contributed by atoms with Crippen LogP contribution in [0, 0.1) is 5.92 Å². The van der Waals surface area contributed by atoms with Crippen molar-refractivity contribution in [3.8, 4) is 0 Å². The lowest BCUT2D eigenvalue weighted by atomic mass is 9.99. The summed E-state index contributed by atoms with van der Waals surface area (Å²) < 4.78 is 28.1. The molecule has 30 heavy (non-hydrogen) atoms. The highest BCUT2D eigenvalue weighted by Gasteiger charge is 2.34. The molecule has 0 spiro atoms. The second-order valence-corrected chi connectivity index (χ2v) is 9.47. The molecule has 0 bridgehead atoms. The number of pyridine rings is 1. The first-order chi connectivity index (χ1) is 14.6. The van der Waals surface area contributed by atoms with Crippen LogP contribution in [-0.4, -0.2) is 43.2 Å². The van der Waals surface area contributed by atoms with Gasteiger partial charge < -0.3 is 5.32 Å². The quantitative estimate of drug-likeness (QED) is 0.661. The highest BCUT2D eigenvalue weighted by Crippen LogP contribution is 2.27. The molecule has 1 fully saturated rings. The molecular weight excluding hydrogens is 398 g/mol. The van der Waals surface area contributed by atoms with Crippen LogP contribution in [0.3, 0.4) is 0 Å². The fraction of sp³-hybridized carbons (Fsp3) is 0.304. The molecule has 1 aromatic heterocycles. The van der Waals surface area contributed by atoms with Crippen molar-refractivity contribution in [2.24, 2.45) is 5.92 Å². The lowest BCUT2D eigenvalue weighted by Gasteiger charge is -2.31. The van der Waals surface area contributed by atoms with E-state index in [1.54, 1.807) is 24.4 Å². The number of fused-ring (bicyclic) bond motifs is 1. The number of sulfonamides is 1. The molecule has 1 saturated heterocycles. The molecule has 1 N–H and O–H groups in total. The summed E-state index contributed by atoms with van der Waals surface area (Å²) in [5, 5.41) is 3.75. The van der Waals surface area contributed by atoms with E-state index in [-0.39, 0.29) is 23.3 Å². The topological polar surface area (TPSA) is 79.4 Å². The summed E-state index contributed by atoms with van der Waals surface area (Å²) in [6, 6.07) is 18.8. The summed E-state index contributed by atoms with van der Waals surface area (Å²) in [4.78, 5) is 17.1. The number of aromatic nitrogens is 1. The summed E-state index contributed by atoms with van der Waals surface area (Å²) in [6.45, 7) is 1.15. The smallest absolute Gasteiger partial charge is 0.245 e. The van der Waals surface area contributed by atoms with E-state index in [1.807, 2.05) is 42.5 Å². The van der Waals surface area contributed by atoms with E-state index in [2.05, 4.69) is 10.3 Å². The van der Waals surface area contributed by atoms with Gasteiger partial charge in [0.15, 0.2) is 0 Å². The number of hydrogen-bond donors (Lipinski definition) is 1. The standard InChI is InChI=1S/C23H25N3O3S/c27-23(25-15-13-18-7-2-1-3-8-18)20-11-6-16-26(17-20)30(28,29)21-12-4-9-19-10-5-14-24-22(19)21/h1-5,7-10,12,14,20H,6,11,13,15-17H2,(H,25,27)/t20-/m0/s1. The minimum Gasteiger partial charge on any atom is -0.355 e. The van der Waals surface area contributed by atoms with Crippen molar-refractivity contribution in [3.05, 3.63) is 72.4 Å². The van der Waals surface area contributed by atoms with E-state index >= 15 is 0 Å². The molecule has 156 valence electrons. The van der Waals surface area contributed by atoms with Crippen molar-refractivity contribution < 1.29 is 13.2 Å². The molecule has 4 rings (SSSR count). The number of nitrogens with zero attached hydrogens (tertiary/aromatic N) is 2. The summed E-state index contributed by atoms with van der Waals surface area (Å²) in [7, 11) is -3.73. The van der Waals surface area contributed by atoms with Gasteiger partial charge in [-0.1, -0.05) is 48.5 Å². The van der Waals surface area contributed by atoms with Crippen molar-refractivity contribution in [2.45, 2.75) is 24.2 Å². The van der Waals surface area contributed by atoms with Gasteiger partial charge in [-0.2, -0.15) is 4.31 Å². The Hall–Kier alpha value is -2.77. The summed E-state index contributed by atoms with van der Waals surface area (Å²) in [5.74, 6) is -0.422. The number of hydrogen-bond acceptors (Lipinski definition) is 4. The minimum atomic E-state index is -3.73. The zero-order chi connectivity index (χ0) is 21.0. The Kier molecular flexibility index (Phi) is 6.11. The van der Waals surface area contributed by atoms with E-state index in [9.17, 15) is 13.2 Å². The van der Waals surface area contributed by atoms with E-state index in [0.29, 0.717) is 31.4 Å². The molecule has 3 aromatic rings. The number of piperidine rings is 1. The average molecular weight is 424 g/mol. The maximum Gasteiger partial charge on any atom is 0.245 e. The van der Waals surface area contributed by atoms with Gasteiger partial charge >= 0.3 is 0 Å². The first-order valence-corrected chi connectivity index (χ1v) is 11.7. The molecule has 0 radical (unpaired) electrons. The van der Waals surface area contributed by atoms with Gasteiger partial charge in [0.25, 0.3) is 0 Å². The molecule has 1 aliphatic rings. The Morgan fingerprint density at radius 2 is 1.87 bits per heavy atom. The van der Waals surface area contributed by atoms with Crippen LogP contribution in [0.4, 0.5) is 0 Å². The van der Waals surface area contributed by atoms with Crippen LogP contribution >= 0.6 is 0 Å². The predicted octanol–water partition coefficient (Wildman–Crippen LogP) is 2.99. The van der Waals surface area contributed by atoms with E-state index in [1.165, 1.54) is 4.31 Å². The summed E-state index contributed by atoms with van der Waals surface area (Å²) in [6.07, 6.45) is 3.70. The molecule has 7 heteroatoms. The SMILES string of the molecule is O=C(NCCc1ccccc1)[C@H]1CCCN(S(=O)(=O)c2cccc3cccnc23)C1. The van der Waals surface area contributed by atoms with Crippen LogP contribution in [0.25, 0.3) is 10.9 Å². The maximum absolute atomic E-state index is 13.3. The van der Waals surface area contributed by atoms with Gasteiger partial charge in [0.2, 0.25) is 15.9 Å². The molecule has 2 aromatic carbocycles. The monoisotopic (exact) mass is 423 g/mol. The lowest BCUT2D eigenvalue weighted by molar-refractivity contribution is -0.126. The minimum absolute atomic E-state index is 0.0816. The van der Waals surface area contributed by atoms with Crippen LogP contribution < -0.4 is 5.32 Å². The van der Waals surface area contributed by atoms with Gasteiger partial charge in [-0.15, -0.1) is 0 Å². The van der Waals surface area contributed by atoms with Crippen LogP contribution in [-0.2, 0) is 21.2 Å². The normalized spacial score (nSPS) is 17.7. The van der Waals surface area contributed by atoms with E-state index < -0.39 is 10.0 Å². The Morgan fingerprint density at radius 3 is 2.70 bits per heavy atom. The van der Waals surface area contributed by atoms with Crippen molar-refractivity contribution >= 4 is 26.8 Å². The maximum atomic E-state index is 13.3. The fourth-order valence-corrected chi connectivity index (χ4v) is 5.61. The van der Waals surface area contributed by atoms with Gasteiger partial charge in [-0.25, -0.2) is 8.42 Å². The number of para-hydroxylation sites is 1. The molecule has 6 nitrogen and oxygen atoms in total. The zero-order valence-corrected chi connectivity index (χ0v) is 17.5. The zero-order valence-electron chi connectivity index (χ0n) is 16.7. The molecule has 0 unspecified atom stereocenters. The lowest BCUT2D eigenvalue weighted by Crippen LogP contribution is -2.45. The first-order valence-electron chi connectivity index (χ1n) is 10.2. The average Bonchev–Trinajstić information content (AvgIpc) is 2.79. The third kappa shape index (κ3) is 4.37. The Morgan fingerprint density at radius 1 is 1.07 bits per heavy atom. The van der Waals surface area contributed by atoms with Crippen LogP contribution in [0.2, 0.25) is 0 Å². The molecule has 1 atom stereocenters. The Labute approximate surface area is 177 Å². The van der Waals surface area contributed by atoms with Crippen LogP contribution in [0.5, 0.6) is 0 Å². The molecule has 1 amide bonds. The second-order valence-electron chi connectivity index (χ2n) is 7.56. The summed E-state index contributed by atoms with van der Waals surface area (Å²) in [5.41, 5.74) is 1.63. The largest absolute Gasteiger partial charge is 0.355 e. The highest BCUT2D eigenvalue weighted by atomic mass is 32.2. The number of amides is 1. The summed E-state index contributed by atoms with van der Waals surface area (Å²) >= 11 is 0. The number of nitrogens with one attached hydrogen (secondary N) is 1. The number of carbonyl (C=O) groups excluding carboxylic acids is 1. The van der Waals surface area contributed by atoms with Gasteiger partial charge in [0.1, 0.15) is 4.90 Å². The fourth-order valence-electron chi connectivity index (χ4n) is 3.92. The number of rotatable bonds is 6. The third-order valence-corrected chi connectivity index (χ3v) is 7.42. The van der Waals surface area contributed by atoms with E-state index in [0.717, 1.165) is 17.4 Å². The Bertz CT molecular complexity index is 1130. The number of carbonyl (C=O) groups is 1. The van der Waals surface area contributed by atoms with Crippen molar-refractivity contribution in [1.82, 2.24) is 14.6 Å². The predicted molar refractivity (Wildman–Crippen MR) is 116 cm³/mol. The highest BCUT2D eigenvalue weighted by molar-refractivity contribution is 7.89.